The highest BCUT2D eigenvalue weighted by atomic mass is 16.5. The fourth-order valence-electron chi connectivity index (χ4n) is 3.73. The van der Waals surface area contributed by atoms with Crippen LogP contribution in [0.4, 0.5) is 0 Å². The summed E-state index contributed by atoms with van der Waals surface area (Å²) in [6.45, 7) is 3.53. The summed E-state index contributed by atoms with van der Waals surface area (Å²) in [6.07, 6.45) is 1.78. The van der Waals surface area contributed by atoms with Crippen molar-refractivity contribution in [2.24, 2.45) is 0 Å². The van der Waals surface area contributed by atoms with Crippen molar-refractivity contribution < 1.29 is 14.9 Å². The van der Waals surface area contributed by atoms with Crippen LogP contribution in [0.3, 0.4) is 0 Å². The van der Waals surface area contributed by atoms with Gasteiger partial charge in [-0.2, -0.15) is 0 Å². The lowest BCUT2D eigenvalue weighted by molar-refractivity contribution is 0.339. The quantitative estimate of drug-likeness (QED) is 0.746. The number of hydrogen-bond acceptors (Lipinski definition) is 4. The molecular weight excluding hydrogens is 278 g/mol. The molecule has 0 unspecified atom stereocenters. The van der Waals surface area contributed by atoms with E-state index in [-0.39, 0.29) is 17.5 Å². The predicted molar refractivity (Wildman–Crippen MR) is 84.5 cm³/mol. The Labute approximate surface area is 129 Å². The van der Waals surface area contributed by atoms with E-state index in [9.17, 15) is 10.2 Å². The van der Waals surface area contributed by atoms with E-state index < -0.39 is 0 Å². The number of ether oxygens (including phenoxy) is 1. The maximum Gasteiger partial charge on any atom is 0.165 e. The normalized spacial score (nSPS) is 18.5. The topological polar surface area (TPSA) is 61.7 Å². The summed E-state index contributed by atoms with van der Waals surface area (Å²) in [6, 6.07) is 7.83. The SMILES string of the molecule is CCOc1cc2c3c(c1)-c1c(ccc(O)c1O)C[C@H]3NCC2. The third-order valence-corrected chi connectivity index (χ3v) is 4.62. The van der Waals surface area contributed by atoms with Gasteiger partial charge in [-0.3, -0.25) is 0 Å². The second kappa shape index (κ2) is 4.92. The van der Waals surface area contributed by atoms with Crippen LogP contribution in [-0.4, -0.2) is 23.4 Å². The highest BCUT2D eigenvalue weighted by molar-refractivity contribution is 5.83. The minimum atomic E-state index is -0.0727. The van der Waals surface area contributed by atoms with E-state index in [2.05, 4.69) is 11.4 Å². The van der Waals surface area contributed by atoms with Crippen molar-refractivity contribution >= 4 is 0 Å². The number of rotatable bonds is 2. The van der Waals surface area contributed by atoms with Crippen LogP contribution in [0.25, 0.3) is 11.1 Å². The number of phenols is 2. The molecule has 114 valence electrons. The predicted octanol–water partition coefficient (Wildman–Crippen LogP) is 2.91. The average Bonchev–Trinajstić information content (AvgIpc) is 2.51. The Balaban J connectivity index is 2.01. The van der Waals surface area contributed by atoms with Crippen molar-refractivity contribution in [3.05, 3.63) is 41.0 Å². The first-order chi connectivity index (χ1) is 10.7. The number of nitrogens with one attached hydrogen (secondary N) is 1. The Hall–Kier alpha value is -2.20. The standard InChI is InChI=1S/C18H19NO3/c1-2-22-12-7-11-5-6-19-14-8-10-3-4-15(20)18(21)17(10)13(9-12)16(11)14/h3-4,7,9,14,19-21H,2,5-6,8H2,1H3/t14-/m1/s1. The van der Waals surface area contributed by atoms with Gasteiger partial charge in [0.15, 0.2) is 11.5 Å². The van der Waals surface area contributed by atoms with Crippen molar-refractivity contribution in [3.8, 4) is 28.4 Å². The molecule has 0 bridgehead atoms. The van der Waals surface area contributed by atoms with Gasteiger partial charge in [-0.15, -0.1) is 0 Å². The van der Waals surface area contributed by atoms with Crippen molar-refractivity contribution in [2.75, 3.05) is 13.2 Å². The number of aromatic hydroxyl groups is 2. The van der Waals surface area contributed by atoms with Crippen LogP contribution in [0.15, 0.2) is 24.3 Å². The molecular formula is C18H19NO3. The molecule has 22 heavy (non-hydrogen) atoms. The molecule has 2 aromatic carbocycles. The van der Waals surface area contributed by atoms with Gasteiger partial charge < -0.3 is 20.3 Å². The zero-order valence-corrected chi connectivity index (χ0v) is 12.5. The molecule has 1 aliphatic heterocycles. The molecule has 0 spiro atoms. The van der Waals surface area contributed by atoms with Gasteiger partial charge in [-0.1, -0.05) is 6.07 Å². The van der Waals surface area contributed by atoms with Crippen molar-refractivity contribution in [1.29, 1.82) is 0 Å². The van der Waals surface area contributed by atoms with Crippen LogP contribution < -0.4 is 10.1 Å². The van der Waals surface area contributed by atoms with Gasteiger partial charge in [0.25, 0.3) is 0 Å². The molecule has 0 amide bonds. The summed E-state index contributed by atoms with van der Waals surface area (Å²) in [5.74, 6) is 0.724. The fraction of sp³-hybridized carbons (Fsp3) is 0.333. The van der Waals surface area contributed by atoms with E-state index in [4.69, 9.17) is 4.74 Å². The molecule has 0 saturated heterocycles. The van der Waals surface area contributed by atoms with Crippen molar-refractivity contribution in [1.82, 2.24) is 5.32 Å². The molecule has 0 radical (unpaired) electrons. The Morgan fingerprint density at radius 1 is 1.23 bits per heavy atom. The lowest BCUT2D eigenvalue weighted by Gasteiger charge is -2.35. The van der Waals surface area contributed by atoms with Gasteiger partial charge in [0.1, 0.15) is 5.75 Å². The number of benzene rings is 2. The van der Waals surface area contributed by atoms with Gasteiger partial charge >= 0.3 is 0 Å². The third kappa shape index (κ3) is 1.87. The first-order valence-electron chi connectivity index (χ1n) is 7.76. The Kier molecular flexibility index (Phi) is 3.01. The van der Waals surface area contributed by atoms with E-state index >= 15 is 0 Å². The van der Waals surface area contributed by atoms with Crippen LogP contribution >= 0.6 is 0 Å². The minimum absolute atomic E-state index is 0.0302. The van der Waals surface area contributed by atoms with Crippen LogP contribution in [0.1, 0.15) is 29.7 Å². The van der Waals surface area contributed by atoms with E-state index in [0.717, 1.165) is 41.8 Å². The summed E-state index contributed by atoms with van der Waals surface area (Å²) >= 11 is 0. The van der Waals surface area contributed by atoms with E-state index in [1.54, 1.807) is 6.07 Å². The molecule has 4 nitrogen and oxygen atoms in total. The summed E-state index contributed by atoms with van der Waals surface area (Å²) in [5, 5.41) is 23.8. The van der Waals surface area contributed by atoms with E-state index in [1.165, 1.54) is 11.1 Å². The smallest absolute Gasteiger partial charge is 0.165 e. The van der Waals surface area contributed by atoms with E-state index in [0.29, 0.717) is 6.61 Å². The van der Waals surface area contributed by atoms with Gasteiger partial charge in [-0.05, 0) is 66.8 Å². The monoisotopic (exact) mass is 297 g/mol. The molecule has 2 aliphatic rings. The van der Waals surface area contributed by atoms with Crippen molar-refractivity contribution in [2.45, 2.75) is 25.8 Å². The third-order valence-electron chi connectivity index (χ3n) is 4.62. The van der Waals surface area contributed by atoms with Crippen LogP contribution in [0.5, 0.6) is 17.2 Å². The van der Waals surface area contributed by atoms with Crippen molar-refractivity contribution in [3.63, 3.8) is 0 Å². The van der Waals surface area contributed by atoms with Gasteiger partial charge in [-0.25, -0.2) is 0 Å². The van der Waals surface area contributed by atoms with Crippen LogP contribution in [0.2, 0.25) is 0 Å². The van der Waals surface area contributed by atoms with E-state index in [1.807, 2.05) is 19.1 Å². The number of fused-ring (bicyclic) bond motifs is 2. The Morgan fingerprint density at radius 2 is 2.09 bits per heavy atom. The van der Waals surface area contributed by atoms with Gasteiger partial charge in [0.05, 0.1) is 6.61 Å². The first-order valence-corrected chi connectivity index (χ1v) is 7.76. The zero-order chi connectivity index (χ0) is 15.3. The minimum Gasteiger partial charge on any atom is -0.504 e. The maximum absolute atomic E-state index is 10.4. The summed E-state index contributed by atoms with van der Waals surface area (Å²) in [7, 11) is 0. The van der Waals surface area contributed by atoms with Gasteiger partial charge in [0.2, 0.25) is 0 Å². The maximum atomic E-state index is 10.4. The zero-order valence-electron chi connectivity index (χ0n) is 12.5. The summed E-state index contributed by atoms with van der Waals surface area (Å²) < 4.78 is 5.69. The first kappa shape index (κ1) is 13.5. The molecule has 1 atom stereocenters. The largest absolute Gasteiger partial charge is 0.504 e. The molecule has 3 N–H and O–H groups in total. The molecule has 0 aromatic heterocycles. The highest BCUT2D eigenvalue weighted by Crippen LogP contribution is 2.49. The van der Waals surface area contributed by atoms with Crippen LogP contribution in [-0.2, 0) is 12.8 Å². The number of phenolic OH excluding ortho intramolecular Hbond substituents is 2. The second-order valence-corrected chi connectivity index (χ2v) is 5.90. The van der Waals surface area contributed by atoms with Gasteiger partial charge in [0, 0.05) is 11.6 Å². The molecule has 4 heteroatoms. The molecule has 0 fully saturated rings. The Bertz CT molecular complexity index is 754. The molecule has 0 saturated carbocycles. The van der Waals surface area contributed by atoms with Crippen LogP contribution in [0, 0.1) is 0 Å². The Morgan fingerprint density at radius 3 is 2.91 bits per heavy atom. The fourth-order valence-corrected chi connectivity index (χ4v) is 3.73. The second-order valence-electron chi connectivity index (χ2n) is 5.90. The number of hydrogen-bond donors (Lipinski definition) is 3. The molecule has 2 aromatic rings. The summed E-state index contributed by atoms with van der Waals surface area (Å²) in [4.78, 5) is 0. The molecule has 4 rings (SSSR count). The molecule has 1 heterocycles. The highest BCUT2D eigenvalue weighted by Gasteiger charge is 2.32. The lowest BCUT2D eigenvalue weighted by atomic mass is 9.77. The lowest BCUT2D eigenvalue weighted by Crippen LogP contribution is -2.33. The molecule has 1 aliphatic carbocycles. The summed E-state index contributed by atoms with van der Waals surface area (Å²) in [5.41, 5.74) is 5.30. The average molecular weight is 297 g/mol.